The highest BCUT2D eigenvalue weighted by Crippen LogP contribution is 2.34. The largest absolute Gasteiger partial charge is 0.416 e. The lowest BCUT2D eigenvalue weighted by Gasteiger charge is -2.29. The van der Waals surface area contributed by atoms with Gasteiger partial charge in [-0.25, -0.2) is 0 Å². The van der Waals surface area contributed by atoms with Crippen molar-refractivity contribution in [1.82, 2.24) is 0 Å². The third-order valence-electron chi connectivity index (χ3n) is 3.83. The molecule has 1 heterocycles. The number of nitrogens with two attached hydrogens (primary N) is 1. The molecular weight excluding hydrogens is 265 g/mol. The van der Waals surface area contributed by atoms with E-state index in [0.29, 0.717) is 5.69 Å². The fourth-order valence-electron chi connectivity index (χ4n) is 2.70. The van der Waals surface area contributed by atoms with Crippen molar-refractivity contribution in [3.8, 4) is 0 Å². The predicted molar refractivity (Wildman–Crippen MR) is 74.6 cm³/mol. The van der Waals surface area contributed by atoms with E-state index in [1.54, 1.807) is 0 Å². The van der Waals surface area contributed by atoms with Crippen LogP contribution in [0, 0.1) is 0 Å². The van der Waals surface area contributed by atoms with Crippen LogP contribution in [0.15, 0.2) is 18.2 Å². The zero-order chi connectivity index (χ0) is 14.6. The molecule has 0 unspecified atom stereocenters. The summed E-state index contributed by atoms with van der Waals surface area (Å²) >= 11 is 0. The van der Waals surface area contributed by atoms with Gasteiger partial charge >= 0.3 is 6.18 Å². The molecule has 0 spiro atoms. The molecule has 1 saturated heterocycles. The van der Waals surface area contributed by atoms with E-state index in [1.807, 2.05) is 0 Å². The number of halogens is 3. The Balaban J connectivity index is 2.31. The summed E-state index contributed by atoms with van der Waals surface area (Å²) in [6, 6.07) is 3.89. The molecule has 1 fully saturated rings. The van der Waals surface area contributed by atoms with Gasteiger partial charge in [-0.3, -0.25) is 0 Å². The number of benzene rings is 1. The normalized spacial score (nSPS) is 17.7. The highest BCUT2D eigenvalue weighted by Gasteiger charge is 2.31. The van der Waals surface area contributed by atoms with Gasteiger partial charge in [-0.2, -0.15) is 13.2 Å². The second-order valence-electron chi connectivity index (χ2n) is 5.30. The van der Waals surface area contributed by atoms with Crippen molar-refractivity contribution in [2.45, 2.75) is 44.8 Å². The maximum absolute atomic E-state index is 12.9. The van der Waals surface area contributed by atoms with Crippen molar-refractivity contribution in [3.05, 3.63) is 29.3 Å². The van der Waals surface area contributed by atoms with Crippen LogP contribution in [0.4, 0.5) is 18.9 Å². The second-order valence-corrected chi connectivity index (χ2v) is 5.30. The first-order valence-electron chi connectivity index (χ1n) is 7.17. The number of rotatable bonds is 2. The quantitative estimate of drug-likeness (QED) is 0.892. The number of alkyl halides is 3. The lowest BCUT2D eigenvalue weighted by Crippen LogP contribution is -2.28. The van der Waals surface area contributed by atoms with Crippen LogP contribution in [0.5, 0.6) is 0 Å². The molecule has 0 atom stereocenters. The molecule has 0 amide bonds. The first kappa shape index (κ1) is 15.2. The van der Waals surface area contributed by atoms with E-state index in [4.69, 9.17) is 5.73 Å². The van der Waals surface area contributed by atoms with E-state index in [2.05, 4.69) is 4.90 Å². The molecule has 1 aromatic carbocycles. The summed E-state index contributed by atoms with van der Waals surface area (Å²) in [6.45, 7) is 1.90. The van der Waals surface area contributed by atoms with Gasteiger partial charge in [0.2, 0.25) is 0 Å². The van der Waals surface area contributed by atoms with Crippen LogP contribution in [0.3, 0.4) is 0 Å². The van der Waals surface area contributed by atoms with Gasteiger partial charge in [0.05, 0.1) is 5.56 Å². The SMILES string of the molecule is NCc1ccc(C(F)(F)F)cc1N1CCCCCCC1. The molecule has 0 radical (unpaired) electrons. The van der Waals surface area contributed by atoms with Crippen LogP contribution in [-0.4, -0.2) is 13.1 Å². The van der Waals surface area contributed by atoms with Crippen LogP contribution < -0.4 is 10.6 Å². The maximum Gasteiger partial charge on any atom is 0.416 e. The summed E-state index contributed by atoms with van der Waals surface area (Å²) in [5, 5.41) is 0. The smallest absolute Gasteiger partial charge is 0.371 e. The van der Waals surface area contributed by atoms with Crippen LogP contribution >= 0.6 is 0 Å². The monoisotopic (exact) mass is 286 g/mol. The Morgan fingerprint density at radius 2 is 1.60 bits per heavy atom. The van der Waals surface area contributed by atoms with Gasteiger partial charge in [0.1, 0.15) is 0 Å². The lowest BCUT2D eigenvalue weighted by molar-refractivity contribution is -0.137. The topological polar surface area (TPSA) is 29.3 Å². The van der Waals surface area contributed by atoms with Crippen molar-refractivity contribution in [1.29, 1.82) is 0 Å². The molecule has 1 aliphatic rings. The minimum atomic E-state index is -4.30. The van der Waals surface area contributed by atoms with Gasteiger partial charge in [-0.15, -0.1) is 0 Å². The molecule has 0 aliphatic carbocycles. The first-order valence-corrected chi connectivity index (χ1v) is 7.17. The Morgan fingerprint density at radius 3 is 2.15 bits per heavy atom. The average molecular weight is 286 g/mol. The Bertz CT molecular complexity index is 435. The van der Waals surface area contributed by atoms with Gasteiger partial charge < -0.3 is 10.6 Å². The predicted octanol–water partition coefficient (Wildman–Crippen LogP) is 3.93. The van der Waals surface area contributed by atoms with Crippen LogP contribution in [0.25, 0.3) is 0 Å². The zero-order valence-corrected chi connectivity index (χ0v) is 11.5. The summed E-state index contributed by atoms with van der Waals surface area (Å²) in [7, 11) is 0. The Kier molecular flexibility index (Phi) is 4.91. The third-order valence-corrected chi connectivity index (χ3v) is 3.83. The summed E-state index contributed by atoms with van der Waals surface area (Å²) < 4.78 is 38.6. The Hall–Kier alpha value is -1.23. The molecule has 5 heteroatoms. The van der Waals surface area contributed by atoms with Gasteiger partial charge in [0, 0.05) is 25.3 Å². The van der Waals surface area contributed by atoms with Crippen molar-refractivity contribution < 1.29 is 13.2 Å². The van der Waals surface area contributed by atoms with Crippen molar-refractivity contribution in [2.24, 2.45) is 5.73 Å². The van der Waals surface area contributed by atoms with Gasteiger partial charge in [0.25, 0.3) is 0 Å². The fourth-order valence-corrected chi connectivity index (χ4v) is 2.70. The van der Waals surface area contributed by atoms with Gasteiger partial charge in [0.15, 0.2) is 0 Å². The molecule has 2 nitrogen and oxygen atoms in total. The molecule has 0 bridgehead atoms. The average Bonchev–Trinajstić information content (AvgIpc) is 2.36. The van der Waals surface area contributed by atoms with E-state index in [9.17, 15) is 13.2 Å². The minimum Gasteiger partial charge on any atom is -0.371 e. The standard InChI is InChI=1S/C15H21F3N2/c16-15(17,18)13-7-6-12(11-19)14(10-13)20-8-4-2-1-3-5-9-20/h6-7,10H,1-5,8-9,11,19H2. The van der Waals surface area contributed by atoms with Gasteiger partial charge in [-0.1, -0.05) is 25.3 Å². The molecule has 112 valence electrons. The zero-order valence-electron chi connectivity index (χ0n) is 11.5. The molecule has 1 aliphatic heterocycles. The summed E-state index contributed by atoms with van der Waals surface area (Å²) in [4.78, 5) is 2.07. The van der Waals surface area contributed by atoms with E-state index in [1.165, 1.54) is 18.6 Å². The van der Waals surface area contributed by atoms with E-state index < -0.39 is 11.7 Å². The molecule has 20 heavy (non-hydrogen) atoms. The fraction of sp³-hybridized carbons (Fsp3) is 0.600. The highest BCUT2D eigenvalue weighted by molar-refractivity contribution is 5.56. The second kappa shape index (κ2) is 6.48. The van der Waals surface area contributed by atoms with Crippen molar-refractivity contribution in [3.63, 3.8) is 0 Å². The number of anilines is 1. The first-order chi connectivity index (χ1) is 9.52. The maximum atomic E-state index is 12.9. The minimum absolute atomic E-state index is 0.268. The molecular formula is C15H21F3N2. The highest BCUT2D eigenvalue weighted by atomic mass is 19.4. The third kappa shape index (κ3) is 3.66. The van der Waals surface area contributed by atoms with Crippen LogP contribution in [0.1, 0.15) is 43.2 Å². The molecule has 1 aromatic rings. The van der Waals surface area contributed by atoms with Crippen molar-refractivity contribution in [2.75, 3.05) is 18.0 Å². The van der Waals surface area contributed by atoms with Crippen LogP contribution in [0.2, 0.25) is 0 Å². The number of nitrogens with zero attached hydrogens (tertiary/aromatic N) is 1. The molecule has 0 aromatic heterocycles. The summed E-state index contributed by atoms with van der Waals surface area (Å²) in [5.74, 6) is 0. The summed E-state index contributed by atoms with van der Waals surface area (Å²) in [5.41, 5.74) is 6.53. The number of hydrogen-bond acceptors (Lipinski definition) is 2. The molecule has 2 N–H and O–H groups in total. The van der Waals surface area contributed by atoms with Gasteiger partial charge in [-0.05, 0) is 30.5 Å². The molecule has 0 saturated carbocycles. The van der Waals surface area contributed by atoms with E-state index in [-0.39, 0.29) is 6.54 Å². The molecule has 2 rings (SSSR count). The number of hydrogen-bond donors (Lipinski definition) is 1. The van der Waals surface area contributed by atoms with Crippen LogP contribution in [-0.2, 0) is 12.7 Å². The van der Waals surface area contributed by atoms with Crippen molar-refractivity contribution >= 4 is 5.69 Å². The Morgan fingerprint density at radius 1 is 1.00 bits per heavy atom. The summed E-state index contributed by atoms with van der Waals surface area (Å²) in [6.07, 6.45) is 1.27. The van der Waals surface area contributed by atoms with E-state index in [0.717, 1.165) is 50.4 Å². The lowest BCUT2D eigenvalue weighted by atomic mass is 10.0. The Labute approximate surface area is 117 Å². The van der Waals surface area contributed by atoms with E-state index >= 15 is 0 Å².